The van der Waals surface area contributed by atoms with Crippen LogP contribution in [-0.2, 0) is 4.79 Å². The molecule has 0 aliphatic carbocycles. The van der Waals surface area contributed by atoms with Gasteiger partial charge in [0.05, 0.1) is 6.42 Å². The summed E-state index contributed by atoms with van der Waals surface area (Å²) in [6.45, 7) is 5.23. The molecule has 12 heavy (non-hydrogen) atoms. The predicted octanol–water partition coefficient (Wildman–Crippen LogP) is 2.01. The van der Waals surface area contributed by atoms with Crippen LogP contribution in [-0.4, -0.2) is 17.8 Å². The lowest BCUT2D eigenvalue weighted by Crippen LogP contribution is -1.94. The molecule has 0 radical (unpaired) electrons. The zero-order chi connectivity index (χ0) is 9.40. The Hall–Kier alpha value is -1.38. The van der Waals surface area contributed by atoms with Crippen molar-refractivity contribution in [2.75, 3.05) is 0 Å². The van der Waals surface area contributed by atoms with Crippen LogP contribution in [0.2, 0.25) is 0 Å². The number of nitrogens with zero attached hydrogens (tertiary/aromatic N) is 1. The Morgan fingerprint density at radius 1 is 1.58 bits per heavy atom. The summed E-state index contributed by atoms with van der Waals surface area (Å²) >= 11 is 0. The van der Waals surface area contributed by atoms with Gasteiger partial charge >= 0.3 is 5.97 Å². The van der Waals surface area contributed by atoms with Crippen molar-refractivity contribution in [3.8, 4) is 0 Å². The third kappa shape index (κ3) is 5.41. The number of carboxylic acid groups (broad SMARTS) is 1. The van der Waals surface area contributed by atoms with Crippen LogP contribution >= 0.6 is 0 Å². The Kier molecular flexibility index (Phi) is 5.61. The van der Waals surface area contributed by atoms with E-state index < -0.39 is 5.97 Å². The lowest BCUT2D eigenvalue weighted by molar-refractivity contribution is -0.136. The number of hydrogen-bond acceptors (Lipinski definition) is 2. The van der Waals surface area contributed by atoms with Crippen LogP contribution in [0.1, 0.15) is 19.8 Å². The van der Waals surface area contributed by atoms with Gasteiger partial charge in [-0.15, -0.1) is 0 Å². The van der Waals surface area contributed by atoms with Crippen LogP contribution in [0.3, 0.4) is 0 Å². The average molecular weight is 167 g/mol. The van der Waals surface area contributed by atoms with Crippen LogP contribution in [0.4, 0.5) is 0 Å². The van der Waals surface area contributed by atoms with Gasteiger partial charge in [0.1, 0.15) is 0 Å². The topological polar surface area (TPSA) is 49.7 Å². The van der Waals surface area contributed by atoms with E-state index in [1.807, 2.05) is 19.1 Å². The van der Waals surface area contributed by atoms with E-state index in [4.69, 9.17) is 5.11 Å². The maximum absolute atomic E-state index is 10.2. The third-order valence-corrected chi connectivity index (χ3v) is 1.28. The lowest BCUT2D eigenvalue weighted by atomic mass is 10.2. The maximum Gasteiger partial charge on any atom is 0.303 e. The van der Waals surface area contributed by atoms with E-state index in [2.05, 4.69) is 11.7 Å². The molecule has 0 unspecified atom stereocenters. The summed E-state index contributed by atoms with van der Waals surface area (Å²) < 4.78 is 0. The van der Waals surface area contributed by atoms with Crippen molar-refractivity contribution >= 4 is 12.7 Å². The molecule has 0 amide bonds. The molecule has 0 saturated heterocycles. The Morgan fingerprint density at radius 3 is 2.67 bits per heavy atom. The van der Waals surface area contributed by atoms with Crippen molar-refractivity contribution in [1.29, 1.82) is 0 Å². The van der Waals surface area contributed by atoms with E-state index in [0.29, 0.717) is 12.1 Å². The second-order valence-corrected chi connectivity index (χ2v) is 2.24. The second-order valence-electron chi connectivity index (χ2n) is 2.24. The lowest BCUT2D eigenvalue weighted by Gasteiger charge is -1.95. The van der Waals surface area contributed by atoms with Gasteiger partial charge in [0, 0.05) is 12.1 Å². The predicted molar refractivity (Wildman–Crippen MR) is 49.3 cm³/mol. The van der Waals surface area contributed by atoms with Crippen molar-refractivity contribution in [3.05, 3.63) is 23.9 Å². The fourth-order valence-electron chi connectivity index (χ4n) is 0.657. The summed E-state index contributed by atoms with van der Waals surface area (Å²) in [5.74, 6) is -0.815. The summed E-state index contributed by atoms with van der Waals surface area (Å²) in [6, 6.07) is 0. The molecule has 3 nitrogen and oxygen atoms in total. The SMILES string of the molecule is C=N/C(=C\C=C/C)CCC(=O)O. The van der Waals surface area contributed by atoms with E-state index in [-0.39, 0.29) is 6.42 Å². The molecule has 0 rings (SSSR count). The summed E-state index contributed by atoms with van der Waals surface area (Å²) in [5, 5.41) is 8.38. The van der Waals surface area contributed by atoms with E-state index in [9.17, 15) is 4.79 Å². The molecule has 0 atom stereocenters. The molecule has 3 heteroatoms. The highest BCUT2D eigenvalue weighted by molar-refractivity contribution is 5.67. The van der Waals surface area contributed by atoms with Gasteiger partial charge in [0.25, 0.3) is 0 Å². The van der Waals surface area contributed by atoms with E-state index in [1.54, 1.807) is 6.08 Å². The first-order chi connectivity index (χ1) is 5.70. The molecule has 0 aromatic carbocycles. The van der Waals surface area contributed by atoms with Crippen molar-refractivity contribution in [2.24, 2.45) is 4.99 Å². The van der Waals surface area contributed by atoms with Gasteiger partial charge in [-0.1, -0.05) is 12.2 Å². The third-order valence-electron chi connectivity index (χ3n) is 1.28. The van der Waals surface area contributed by atoms with Crippen LogP contribution in [0, 0.1) is 0 Å². The van der Waals surface area contributed by atoms with Crippen molar-refractivity contribution in [1.82, 2.24) is 0 Å². The molecule has 0 aliphatic heterocycles. The fourth-order valence-corrected chi connectivity index (χ4v) is 0.657. The molecule has 66 valence electrons. The van der Waals surface area contributed by atoms with Crippen molar-refractivity contribution in [2.45, 2.75) is 19.8 Å². The van der Waals surface area contributed by atoms with E-state index >= 15 is 0 Å². The Bertz CT molecular complexity index is 217. The molecule has 0 spiro atoms. The highest BCUT2D eigenvalue weighted by Gasteiger charge is 1.98. The molecular weight excluding hydrogens is 154 g/mol. The highest BCUT2D eigenvalue weighted by atomic mass is 16.4. The molecule has 0 fully saturated rings. The standard InChI is InChI=1S/C9H13NO2/c1-3-4-5-8(10-2)6-7-9(11)12/h3-5H,2,6-7H2,1H3,(H,11,12)/b4-3-,8-5-. The van der Waals surface area contributed by atoms with Gasteiger partial charge in [-0.05, 0) is 19.7 Å². The Morgan fingerprint density at radius 2 is 2.25 bits per heavy atom. The summed E-state index contributed by atoms with van der Waals surface area (Å²) in [4.78, 5) is 13.9. The van der Waals surface area contributed by atoms with Gasteiger partial charge in [-0.3, -0.25) is 9.79 Å². The minimum Gasteiger partial charge on any atom is -0.481 e. The molecule has 0 aromatic rings. The maximum atomic E-state index is 10.2. The number of allylic oxidation sites excluding steroid dienone is 4. The van der Waals surface area contributed by atoms with Gasteiger partial charge < -0.3 is 5.11 Å². The van der Waals surface area contributed by atoms with Crippen molar-refractivity contribution < 1.29 is 9.90 Å². The first-order valence-electron chi connectivity index (χ1n) is 3.71. The summed E-state index contributed by atoms with van der Waals surface area (Å²) in [7, 11) is 0. The minimum absolute atomic E-state index is 0.0996. The molecule has 0 saturated carbocycles. The number of carboxylic acids is 1. The van der Waals surface area contributed by atoms with E-state index in [1.165, 1.54) is 0 Å². The average Bonchev–Trinajstić information content (AvgIpc) is 2.05. The monoisotopic (exact) mass is 167 g/mol. The number of hydrogen-bond donors (Lipinski definition) is 1. The molecule has 0 heterocycles. The largest absolute Gasteiger partial charge is 0.481 e. The Balaban J connectivity index is 3.99. The molecule has 0 bridgehead atoms. The zero-order valence-corrected chi connectivity index (χ0v) is 7.16. The van der Waals surface area contributed by atoms with Crippen LogP contribution in [0.25, 0.3) is 0 Å². The van der Waals surface area contributed by atoms with E-state index in [0.717, 1.165) is 0 Å². The molecule has 1 N–H and O–H groups in total. The smallest absolute Gasteiger partial charge is 0.303 e. The first kappa shape index (κ1) is 10.6. The van der Waals surface area contributed by atoms with Crippen LogP contribution < -0.4 is 0 Å². The number of carbonyl (C=O) groups is 1. The normalized spacial score (nSPS) is 11.9. The molecular formula is C9H13NO2. The number of aliphatic imine (C=N–C) groups is 1. The van der Waals surface area contributed by atoms with Gasteiger partial charge in [-0.2, -0.15) is 0 Å². The van der Waals surface area contributed by atoms with Gasteiger partial charge in [0.15, 0.2) is 0 Å². The highest BCUT2D eigenvalue weighted by Crippen LogP contribution is 2.05. The van der Waals surface area contributed by atoms with Gasteiger partial charge in [0.2, 0.25) is 0 Å². The molecule has 0 aliphatic rings. The van der Waals surface area contributed by atoms with Gasteiger partial charge in [-0.25, -0.2) is 0 Å². The summed E-state index contributed by atoms with van der Waals surface area (Å²) in [5.41, 5.74) is 0.704. The Labute approximate surface area is 72.1 Å². The van der Waals surface area contributed by atoms with Crippen molar-refractivity contribution in [3.63, 3.8) is 0 Å². The minimum atomic E-state index is -0.815. The fraction of sp³-hybridized carbons (Fsp3) is 0.333. The number of aliphatic carboxylic acids is 1. The zero-order valence-electron chi connectivity index (χ0n) is 7.16. The quantitative estimate of drug-likeness (QED) is 0.503. The van der Waals surface area contributed by atoms with Crippen LogP contribution in [0.5, 0.6) is 0 Å². The molecule has 0 aromatic heterocycles. The second kappa shape index (κ2) is 6.34. The van der Waals surface area contributed by atoms with Crippen LogP contribution in [0.15, 0.2) is 28.9 Å². The first-order valence-corrected chi connectivity index (χ1v) is 3.71. The number of rotatable bonds is 5. The summed E-state index contributed by atoms with van der Waals surface area (Å²) in [6.07, 6.45) is 5.96.